The maximum atomic E-state index is 11.1. The van der Waals surface area contributed by atoms with E-state index >= 15 is 0 Å². The van der Waals surface area contributed by atoms with E-state index in [0.717, 1.165) is 4.88 Å². The van der Waals surface area contributed by atoms with Crippen LogP contribution in [0.5, 0.6) is 6.01 Å². The lowest BCUT2D eigenvalue weighted by atomic mass is 10.2. The number of hydrogen-bond acceptors (Lipinski definition) is 6. The highest BCUT2D eigenvalue weighted by atomic mass is 32.1. The van der Waals surface area contributed by atoms with Crippen LogP contribution in [0.2, 0.25) is 0 Å². The molecule has 98 valence electrons. The summed E-state index contributed by atoms with van der Waals surface area (Å²) in [5, 5.41) is 18.0. The molecule has 1 unspecified atom stereocenters. The van der Waals surface area contributed by atoms with Crippen molar-refractivity contribution in [3.8, 4) is 6.01 Å². The topological polar surface area (TPSA) is 89.3 Å². The van der Waals surface area contributed by atoms with E-state index in [4.69, 9.17) is 9.84 Å². The summed E-state index contributed by atoms with van der Waals surface area (Å²) in [7, 11) is 1.47. The molecule has 0 saturated carbocycles. The Morgan fingerprint density at radius 2 is 2.47 bits per heavy atom. The van der Waals surface area contributed by atoms with Gasteiger partial charge in [0.2, 0.25) is 5.95 Å². The number of nitrogens with zero attached hydrogens (tertiary/aromatic N) is 3. The smallest absolute Gasteiger partial charge is 0.352 e. The Kier molecular flexibility index (Phi) is 2.71. The van der Waals surface area contributed by atoms with Crippen LogP contribution in [-0.4, -0.2) is 33.0 Å². The van der Waals surface area contributed by atoms with E-state index in [0.29, 0.717) is 5.95 Å². The van der Waals surface area contributed by atoms with Gasteiger partial charge in [-0.25, -0.2) is 9.48 Å². The van der Waals surface area contributed by atoms with Crippen molar-refractivity contribution >= 4 is 23.3 Å². The van der Waals surface area contributed by atoms with Crippen molar-refractivity contribution in [3.63, 3.8) is 0 Å². The molecule has 1 atom stereocenters. The largest absolute Gasteiger partial charge is 0.477 e. The van der Waals surface area contributed by atoms with Gasteiger partial charge in [-0.15, -0.1) is 16.4 Å². The van der Waals surface area contributed by atoms with E-state index in [9.17, 15) is 4.79 Å². The van der Waals surface area contributed by atoms with Crippen LogP contribution in [-0.2, 0) is 4.79 Å². The quantitative estimate of drug-likeness (QED) is 0.880. The minimum absolute atomic E-state index is 0.0842. The van der Waals surface area contributed by atoms with Crippen LogP contribution in [0.4, 0.5) is 5.95 Å². The molecule has 19 heavy (non-hydrogen) atoms. The Balaban J connectivity index is 2.10. The molecular formula is C11H10N4O3S. The second kappa shape index (κ2) is 4.39. The monoisotopic (exact) mass is 278 g/mol. The summed E-state index contributed by atoms with van der Waals surface area (Å²) in [6.45, 7) is 0. The fourth-order valence-corrected chi connectivity index (χ4v) is 2.63. The van der Waals surface area contributed by atoms with Crippen molar-refractivity contribution in [1.29, 1.82) is 0 Å². The van der Waals surface area contributed by atoms with Gasteiger partial charge in [-0.1, -0.05) is 6.07 Å². The number of thiophene rings is 1. The van der Waals surface area contributed by atoms with E-state index < -0.39 is 5.97 Å². The predicted molar refractivity (Wildman–Crippen MR) is 68.4 cm³/mol. The van der Waals surface area contributed by atoms with Crippen LogP contribution in [0.25, 0.3) is 0 Å². The maximum absolute atomic E-state index is 11.1. The lowest BCUT2D eigenvalue weighted by Gasteiger charge is -2.20. The highest BCUT2D eigenvalue weighted by molar-refractivity contribution is 7.10. The second-order valence-electron chi connectivity index (χ2n) is 3.84. The molecule has 0 spiro atoms. The van der Waals surface area contributed by atoms with Crippen LogP contribution < -0.4 is 10.1 Å². The molecule has 0 saturated heterocycles. The zero-order chi connectivity index (χ0) is 13.4. The van der Waals surface area contributed by atoms with Crippen molar-refractivity contribution in [1.82, 2.24) is 14.8 Å². The van der Waals surface area contributed by atoms with Gasteiger partial charge >= 0.3 is 12.0 Å². The number of hydrogen-bond donors (Lipinski definition) is 2. The van der Waals surface area contributed by atoms with Crippen molar-refractivity contribution in [2.45, 2.75) is 6.04 Å². The van der Waals surface area contributed by atoms with Gasteiger partial charge < -0.3 is 15.2 Å². The molecule has 0 fully saturated rings. The van der Waals surface area contributed by atoms with E-state index in [-0.39, 0.29) is 17.7 Å². The van der Waals surface area contributed by atoms with Gasteiger partial charge in [0.1, 0.15) is 11.7 Å². The number of anilines is 1. The number of carbonyl (C=O) groups is 1. The summed E-state index contributed by atoms with van der Waals surface area (Å²) in [6.07, 6.45) is 1.61. The lowest BCUT2D eigenvalue weighted by Crippen LogP contribution is -2.23. The summed E-state index contributed by atoms with van der Waals surface area (Å²) in [6, 6.07) is 3.74. The van der Waals surface area contributed by atoms with Crippen LogP contribution >= 0.6 is 11.3 Å². The molecule has 0 bridgehead atoms. The number of methoxy groups -OCH3 is 1. The number of rotatable bonds is 3. The Morgan fingerprint density at radius 1 is 1.63 bits per heavy atom. The van der Waals surface area contributed by atoms with Crippen molar-refractivity contribution in [2.24, 2.45) is 0 Å². The first kappa shape index (κ1) is 11.7. The minimum atomic E-state index is -1.03. The molecule has 3 heterocycles. The standard InChI is InChI=1S/C11H10N4O3S/c1-18-11-13-10-12-6(9(16)17)5-7(15(10)14-11)8-3-2-4-19-8/h2-5,7H,1H3,(H,16,17)(H,12,13,14). The number of allylic oxidation sites excluding steroid dienone is 1. The lowest BCUT2D eigenvalue weighted by molar-refractivity contribution is -0.132. The Labute approximate surface area is 112 Å². The number of aromatic nitrogens is 3. The molecule has 0 radical (unpaired) electrons. The Morgan fingerprint density at radius 3 is 3.11 bits per heavy atom. The van der Waals surface area contributed by atoms with Crippen molar-refractivity contribution < 1.29 is 14.6 Å². The van der Waals surface area contributed by atoms with Gasteiger partial charge in [-0.3, -0.25) is 0 Å². The minimum Gasteiger partial charge on any atom is -0.477 e. The highest BCUT2D eigenvalue weighted by Gasteiger charge is 2.27. The van der Waals surface area contributed by atoms with Gasteiger partial charge in [-0.05, 0) is 17.5 Å². The molecule has 8 heteroatoms. The summed E-state index contributed by atoms with van der Waals surface area (Å²) in [5.41, 5.74) is 0.0842. The van der Waals surface area contributed by atoms with Crippen molar-refractivity contribution in [3.05, 3.63) is 34.2 Å². The third-order valence-corrected chi connectivity index (χ3v) is 3.64. The van der Waals surface area contributed by atoms with Gasteiger partial charge in [0.25, 0.3) is 0 Å². The first-order chi connectivity index (χ1) is 9.19. The summed E-state index contributed by atoms with van der Waals surface area (Å²) in [5.74, 6) is -0.676. The summed E-state index contributed by atoms with van der Waals surface area (Å²) < 4.78 is 6.59. The molecule has 1 aliphatic heterocycles. The van der Waals surface area contributed by atoms with Crippen LogP contribution in [0.3, 0.4) is 0 Å². The zero-order valence-electron chi connectivity index (χ0n) is 9.90. The average Bonchev–Trinajstić information content (AvgIpc) is 3.05. The molecule has 0 aromatic carbocycles. The van der Waals surface area contributed by atoms with Crippen LogP contribution in [0.15, 0.2) is 29.3 Å². The number of carboxylic acids is 1. The molecule has 0 amide bonds. The third-order valence-electron chi connectivity index (χ3n) is 2.69. The molecule has 2 N–H and O–H groups in total. The summed E-state index contributed by atoms with van der Waals surface area (Å²) in [4.78, 5) is 16.2. The maximum Gasteiger partial charge on any atom is 0.352 e. The van der Waals surface area contributed by atoms with Crippen LogP contribution in [0.1, 0.15) is 10.9 Å². The average molecular weight is 278 g/mol. The molecule has 2 aromatic rings. The highest BCUT2D eigenvalue weighted by Crippen LogP contribution is 2.32. The number of fused-ring (bicyclic) bond motifs is 1. The molecule has 0 aliphatic carbocycles. The van der Waals surface area contributed by atoms with Gasteiger partial charge in [-0.2, -0.15) is 4.98 Å². The number of carboxylic acid groups (broad SMARTS) is 1. The summed E-state index contributed by atoms with van der Waals surface area (Å²) >= 11 is 1.53. The second-order valence-corrected chi connectivity index (χ2v) is 4.82. The van der Waals surface area contributed by atoms with E-state index in [1.54, 1.807) is 10.8 Å². The molecular weight excluding hydrogens is 268 g/mol. The zero-order valence-corrected chi connectivity index (χ0v) is 10.7. The first-order valence-corrected chi connectivity index (χ1v) is 6.33. The fraction of sp³-hybridized carbons (Fsp3) is 0.182. The first-order valence-electron chi connectivity index (χ1n) is 5.45. The van der Waals surface area contributed by atoms with E-state index in [1.807, 2.05) is 17.5 Å². The SMILES string of the molecule is COc1nc2n(n1)C(c1cccs1)C=C(C(=O)O)N2. The van der Waals surface area contributed by atoms with Gasteiger partial charge in [0.05, 0.1) is 7.11 Å². The molecule has 7 nitrogen and oxygen atoms in total. The fourth-order valence-electron chi connectivity index (χ4n) is 1.85. The number of ether oxygens (including phenoxy) is 1. The van der Waals surface area contributed by atoms with E-state index in [1.165, 1.54) is 18.4 Å². The molecule has 2 aromatic heterocycles. The third kappa shape index (κ3) is 1.95. The van der Waals surface area contributed by atoms with Crippen LogP contribution in [0, 0.1) is 0 Å². The normalized spacial score (nSPS) is 17.3. The number of aliphatic carboxylic acids is 1. The Hall–Kier alpha value is -2.35. The van der Waals surface area contributed by atoms with E-state index in [2.05, 4.69) is 15.4 Å². The van der Waals surface area contributed by atoms with Crippen molar-refractivity contribution in [2.75, 3.05) is 12.4 Å². The Bertz CT molecular complexity index is 647. The molecule has 3 rings (SSSR count). The molecule has 1 aliphatic rings. The predicted octanol–water partition coefficient (Wildman–Crippen LogP) is 1.33. The number of nitrogens with one attached hydrogen (secondary N) is 1. The van der Waals surface area contributed by atoms with Gasteiger partial charge in [0.15, 0.2) is 0 Å². The van der Waals surface area contributed by atoms with Gasteiger partial charge in [0, 0.05) is 4.88 Å².